The Balaban J connectivity index is 2.96. The van der Waals surface area contributed by atoms with E-state index in [4.69, 9.17) is 5.14 Å². The second kappa shape index (κ2) is 2.63. The van der Waals surface area contributed by atoms with Crippen LogP contribution in [0.5, 0.6) is 0 Å². The highest BCUT2D eigenvalue weighted by Crippen LogP contribution is 2.09. The average molecular weight is 176 g/mol. The fourth-order valence-electron chi connectivity index (χ4n) is 0.797. The molecule has 1 amide bonds. The van der Waals surface area contributed by atoms with Crippen LogP contribution in [0.1, 0.15) is 12.8 Å². The van der Waals surface area contributed by atoms with E-state index in [1.54, 1.807) is 6.08 Å². The second-order valence-corrected chi connectivity index (χ2v) is 3.58. The molecule has 0 radical (unpaired) electrons. The Kier molecular flexibility index (Phi) is 1.97. The summed E-state index contributed by atoms with van der Waals surface area (Å²) < 4.78 is 21.8. The van der Waals surface area contributed by atoms with Gasteiger partial charge in [-0.3, -0.25) is 4.79 Å². The molecule has 0 aromatic rings. The van der Waals surface area contributed by atoms with Gasteiger partial charge in [0.15, 0.2) is 0 Å². The van der Waals surface area contributed by atoms with Crippen LogP contribution in [0.3, 0.4) is 0 Å². The highest BCUT2D eigenvalue weighted by Gasteiger charge is 2.22. The first kappa shape index (κ1) is 8.22. The van der Waals surface area contributed by atoms with Gasteiger partial charge in [0.05, 0.1) is 0 Å². The van der Waals surface area contributed by atoms with Crippen molar-refractivity contribution in [2.75, 3.05) is 0 Å². The molecule has 0 aromatic heterocycles. The van der Waals surface area contributed by atoms with Crippen molar-refractivity contribution in [3.8, 4) is 0 Å². The fourth-order valence-corrected chi connectivity index (χ4v) is 1.43. The van der Waals surface area contributed by atoms with Gasteiger partial charge in [-0.25, -0.2) is 9.44 Å². The third-order valence-corrected chi connectivity index (χ3v) is 2.16. The molecule has 0 saturated heterocycles. The second-order valence-electron chi connectivity index (χ2n) is 2.16. The maximum atomic E-state index is 10.9. The Bertz CT molecular complexity index is 293. The normalized spacial score (nSPS) is 19.0. The molecule has 11 heavy (non-hydrogen) atoms. The summed E-state index contributed by atoms with van der Waals surface area (Å²) in [5.41, 5.74) is 0. The number of amides is 1. The third kappa shape index (κ3) is 1.78. The zero-order valence-electron chi connectivity index (χ0n) is 5.73. The van der Waals surface area contributed by atoms with Crippen molar-refractivity contribution in [1.82, 2.24) is 4.31 Å². The summed E-state index contributed by atoms with van der Waals surface area (Å²) in [5, 5.41) is 4.73. The number of nitrogens with zero attached hydrogens (tertiary/aromatic N) is 1. The number of allylic oxidation sites excluding steroid dienone is 1. The van der Waals surface area contributed by atoms with Crippen molar-refractivity contribution in [2.24, 2.45) is 5.14 Å². The molecule has 0 aromatic carbocycles. The molecule has 0 fully saturated rings. The van der Waals surface area contributed by atoms with E-state index in [0.717, 1.165) is 0 Å². The van der Waals surface area contributed by atoms with Gasteiger partial charge >= 0.3 is 10.2 Å². The minimum absolute atomic E-state index is 0.201. The number of carbonyl (C=O) groups is 1. The molecular formula is C5H8N2O3S. The summed E-state index contributed by atoms with van der Waals surface area (Å²) in [7, 11) is -3.88. The van der Waals surface area contributed by atoms with E-state index in [1.165, 1.54) is 6.20 Å². The third-order valence-electron chi connectivity index (χ3n) is 1.29. The van der Waals surface area contributed by atoms with E-state index in [-0.39, 0.29) is 6.42 Å². The molecule has 1 aliphatic heterocycles. The molecule has 0 aliphatic carbocycles. The molecule has 0 atom stereocenters. The van der Waals surface area contributed by atoms with Gasteiger partial charge in [0, 0.05) is 12.6 Å². The fraction of sp³-hybridized carbons (Fsp3) is 0.400. The first-order valence-corrected chi connectivity index (χ1v) is 4.54. The summed E-state index contributed by atoms with van der Waals surface area (Å²) in [6.45, 7) is 0. The van der Waals surface area contributed by atoms with E-state index in [0.29, 0.717) is 10.7 Å². The van der Waals surface area contributed by atoms with Crippen molar-refractivity contribution < 1.29 is 13.2 Å². The van der Waals surface area contributed by atoms with E-state index in [2.05, 4.69) is 0 Å². The van der Waals surface area contributed by atoms with Gasteiger partial charge in [0.1, 0.15) is 0 Å². The van der Waals surface area contributed by atoms with Gasteiger partial charge < -0.3 is 0 Å². The lowest BCUT2D eigenvalue weighted by Crippen LogP contribution is -2.38. The molecule has 6 heteroatoms. The molecule has 0 bridgehead atoms. The number of hydrogen-bond donors (Lipinski definition) is 1. The van der Waals surface area contributed by atoms with Crippen LogP contribution in [0.15, 0.2) is 12.3 Å². The zero-order valence-corrected chi connectivity index (χ0v) is 6.54. The van der Waals surface area contributed by atoms with Gasteiger partial charge in [-0.2, -0.15) is 8.42 Å². The quantitative estimate of drug-likeness (QED) is 0.575. The Morgan fingerprint density at radius 1 is 1.55 bits per heavy atom. The SMILES string of the molecule is NS(=O)(=O)N1C=CCCC1=O. The predicted molar refractivity (Wildman–Crippen MR) is 38.3 cm³/mol. The molecule has 0 spiro atoms. The molecular weight excluding hydrogens is 168 g/mol. The summed E-state index contributed by atoms with van der Waals surface area (Å²) in [6.07, 6.45) is 3.55. The first-order chi connectivity index (χ1) is 5.02. The standard InChI is InChI=1S/C5H8N2O3S/c6-11(9,10)7-4-2-1-3-5(7)8/h2,4H,1,3H2,(H2,6,9,10). The van der Waals surface area contributed by atoms with Crippen LogP contribution < -0.4 is 5.14 Å². The van der Waals surface area contributed by atoms with Crippen LogP contribution in [-0.2, 0) is 15.0 Å². The molecule has 2 N–H and O–H groups in total. The number of carbonyl (C=O) groups excluding carboxylic acids is 1. The zero-order chi connectivity index (χ0) is 8.48. The van der Waals surface area contributed by atoms with Gasteiger partial charge in [-0.15, -0.1) is 0 Å². The largest absolute Gasteiger partial charge is 0.305 e. The van der Waals surface area contributed by atoms with E-state index in [9.17, 15) is 13.2 Å². The lowest BCUT2D eigenvalue weighted by molar-refractivity contribution is -0.125. The smallest absolute Gasteiger partial charge is 0.273 e. The maximum Gasteiger partial charge on any atom is 0.305 e. The molecule has 1 aliphatic rings. The topological polar surface area (TPSA) is 80.5 Å². The maximum absolute atomic E-state index is 10.9. The van der Waals surface area contributed by atoms with Crippen molar-refractivity contribution in [3.63, 3.8) is 0 Å². The summed E-state index contributed by atoms with van der Waals surface area (Å²) in [4.78, 5) is 10.9. The molecule has 0 saturated carbocycles. The van der Waals surface area contributed by atoms with Gasteiger partial charge in [-0.1, -0.05) is 6.08 Å². The van der Waals surface area contributed by atoms with E-state index >= 15 is 0 Å². The minimum atomic E-state index is -3.88. The highest BCUT2D eigenvalue weighted by molar-refractivity contribution is 7.87. The van der Waals surface area contributed by atoms with Crippen molar-refractivity contribution >= 4 is 16.1 Å². The molecule has 62 valence electrons. The van der Waals surface area contributed by atoms with E-state index in [1.807, 2.05) is 0 Å². The summed E-state index contributed by atoms with van der Waals surface area (Å²) in [5.74, 6) is -0.477. The Labute approximate surface area is 64.7 Å². The average Bonchev–Trinajstić information content (AvgIpc) is 1.86. The van der Waals surface area contributed by atoms with E-state index < -0.39 is 16.1 Å². The monoisotopic (exact) mass is 176 g/mol. The first-order valence-electron chi connectivity index (χ1n) is 3.03. The van der Waals surface area contributed by atoms with Crippen LogP contribution >= 0.6 is 0 Å². The Morgan fingerprint density at radius 3 is 2.55 bits per heavy atom. The number of rotatable bonds is 1. The Hall–Kier alpha value is -0.880. The molecule has 0 unspecified atom stereocenters. The lowest BCUT2D eigenvalue weighted by atomic mass is 10.2. The molecule has 1 heterocycles. The highest BCUT2D eigenvalue weighted by atomic mass is 32.2. The number of hydrogen-bond acceptors (Lipinski definition) is 3. The van der Waals surface area contributed by atoms with Crippen LogP contribution in [0, 0.1) is 0 Å². The van der Waals surface area contributed by atoms with Crippen molar-refractivity contribution in [3.05, 3.63) is 12.3 Å². The van der Waals surface area contributed by atoms with Crippen molar-refractivity contribution in [1.29, 1.82) is 0 Å². The van der Waals surface area contributed by atoms with Gasteiger partial charge in [-0.05, 0) is 6.42 Å². The Morgan fingerprint density at radius 2 is 2.18 bits per heavy atom. The molecule has 1 rings (SSSR count). The minimum Gasteiger partial charge on any atom is -0.273 e. The van der Waals surface area contributed by atoms with Crippen LogP contribution in [0.25, 0.3) is 0 Å². The number of nitrogens with two attached hydrogens (primary N) is 1. The van der Waals surface area contributed by atoms with Gasteiger partial charge in [0.2, 0.25) is 5.91 Å². The predicted octanol–water partition coefficient (Wildman–Crippen LogP) is -0.674. The van der Waals surface area contributed by atoms with Crippen molar-refractivity contribution in [2.45, 2.75) is 12.8 Å². The summed E-state index contributed by atoms with van der Waals surface area (Å²) in [6, 6.07) is 0. The summed E-state index contributed by atoms with van der Waals surface area (Å²) >= 11 is 0. The van der Waals surface area contributed by atoms with Crippen LogP contribution in [0.4, 0.5) is 0 Å². The molecule has 5 nitrogen and oxygen atoms in total. The van der Waals surface area contributed by atoms with Gasteiger partial charge in [0.25, 0.3) is 0 Å². The lowest BCUT2D eigenvalue weighted by Gasteiger charge is -2.17. The van der Waals surface area contributed by atoms with Crippen LogP contribution in [-0.4, -0.2) is 18.6 Å². The van der Waals surface area contributed by atoms with Crippen LogP contribution in [0.2, 0.25) is 0 Å².